The molecule has 1 aromatic heterocycles. The summed E-state index contributed by atoms with van der Waals surface area (Å²) in [6.45, 7) is 0.408. The number of hydrogen-bond donors (Lipinski definition) is 1. The lowest BCUT2D eigenvalue weighted by Gasteiger charge is -2.12. The van der Waals surface area contributed by atoms with Crippen LogP contribution in [0.25, 0.3) is 11.0 Å². The summed E-state index contributed by atoms with van der Waals surface area (Å²) in [6.07, 6.45) is 0. The van der Waals surface area contributed by atoms with E-state index in [1.54, 1.807) is 35.0 Å². The molecule has 0 unspecified atom stereocenters. The number of aromatic nitrogens is 3. The normalized spacial score (nSPS) is 10.8. The molecule has 5 nitrogen and oxygen atoms in total. The topological polar surface area (TPSA) is 59.8 Å². The zero-order valence-electron chi connectivity index (χ0n) is 13.8. The predicted octanol–water partition coefficient (Wildman–Crippen LogP) is 4.39. The van der Waals surface area contributed by atoms with Crippen LogP contribution in [0.15, 0.2) is 72.8 Å². The summed E-state index contributed by atoms with van der Waals surface area (Å²) >= 11 is 5.91. The SMILES string of the molecule is O=C(c1ccc(Cl)cc1)c1ccccc1NCn1nnc2ccccc21. The number of anilines is 1. The first kappa shape index (κ1) is 16.3. The van der Waals surface area contributed by atoms with E-state index in [4.69, 9.17) is 11.6 Å². The van der Waals surface area contributed by atoms with Crippen LogP contribution in [-0.2, 0) is 6.67 Å². The van der Waals surface area contributed by atoms with Gasteiger partial charge in [0.1, 0.15) is 12.2 Å². The number of nitrogens with one attached hydrogen (secondary N) is 1. The maximum Gasteiger partial charge on any atom is 0.195 e. The van der Waals surface area contributed by atoms with Gasteiger partial charge in [-0.2, -0.15) is 0 Å². The Balaban J connectivity index is 1.60. The van der Waals surface area contributed by atoms with E-state index in [1.807, 2.05) is 42.5 Å². The molecule has 0 radical (unpaired) electrons. The fourth-order valence-electron chi connectivity index (χ4n) is 2.79. The lowest BCUT2D eigenvalue weighted by molar-refractivity contribution is 0.103. The van der Waals surface area contributed by atoms with E-state index in [1.165, 1.54) is 0 Å². The van der Waals surface area contributed by atoms with Gasteiger partial charge in [0, 0.05) is 21.8 Å². The van der Waals surface area contributed by atoms with E-state index in [-0.39, 0.29) is 5.78 Å². The molecule has 3 aromatic carbocycles. The van der Waals surface area contributed by atoms with E-state index >= 15 is 0 Å². The maximum absolute atomic E-state index is 12.8. The largest absolute Gasteiger partial charge is 0.366 e. The van der Waals surface area contributed by atoms with Gasteiger partial charge in [0.25, 0.3) is 0 Å². The zero-order chi connectivity index (χ0) is 17.9. The minimum Gasteiger partial charge on any atom is -0.366 e. The average Bonchev–Trinajstić information content (AvgIpc) is 3.10. The molecule has 0 atom stereocenters. The number of rotatable bonds is 5. The Bertz CT molecular complexity index is 1070. The molecule has 0 bridgehead atoms. The number of carbonyl (C=O) groups is 1. The van der Waals surface area contributed by atoms with Crippen molar-refractivity contribution in [1.82, 2.24) is 15.0 Å². The smallest absolute Gasteiger partial charge is 0.195 e. The van der Waals surface area contributed by atoms with Crippen LogP contribution in [0.2, 0.25) is 5.02 Å². The third-order valence-corrected chi connectivity index (χ3v) is 4.37. The van der Waals surface area contributed by atoms with Gasteiger partial charge in [-0.25, -0.2) is 4.68 Å². The molecule has 0 amide bonds. The molecule has 1 heterocycles. The van der Waals surface area contributed by atoms with E-state index in [0.717, 1.165) is 16.7 Å². The third-order valence-electron chi connectivity index (χ3n) is 4.12. The first-order valence-electron chi connectivity index (χ1n) is 8.14. The first-order valence-corrected chi connectivity index (χ1v) is 8.51. The van der Waals surface area contributed by atoms with Crippen molar-refractivity contribution >= 4 is 34.1 Å². The summed E-state index contributed by atoms with van der Waals surface area (Å²) in [5.41, 5.74) is 3.70. The summed E-state index contributed by atoms with van der Waals surface area (Å²) in [7, 11) is 0. The number of benzene rings is 3. The van der Waals surface area contributed by atoms with Gasteiger partial charge >= 0.3 is 0 Å². The molecule has 0 fully saturated rings. The Labute approximate surface area is 155 Å². The molecule has 4 aromatic rings. The molecule has 4 rings (SSSR count). The summed E-state index contributed by atoms with van der Waals surface area (Å²) in [5, 5.41) is 12.2. The van der Waals surface area contributed by atoms with Gasteiger partial charge < -0.3 is 5.32 Å². The number of carbonyl (C=O) groups excluding carboxylic acids is 1. The Hall–Kier alpha value is -3.18. The minimum atomic E-state index is -0.0618. The van der Waals surface area contributed by atoms with Gasteiger partial charge in [-0.3, -0.25) is 4.79 Å². The molecule has 128 valence electrons. The Morgan fingerprint density at radius 3 is 2.54 bits per heavy atom. The van der Waals surface area contributed by atoms with Crippen LogP contribution >= 0.6 is 11.6 Å². The molecule has 1 N–H and O–H groups in total. The fourth-order valence-corrected chi connectivity index (χ4v) is 2.91. The number of hydrogen-bond acceptors (Lipinski definition) is 4. The monoisotopic (exact) mass is 362 g/mol. The second-order valence-electron chi connectivity index (χ2n) is 5.79. The summed E-state index contributed by atoms with van der Waals surface area (Å²) in [4.78, 5) is 12.8. The van der Waals surface area contributed by atoms with Crippen LogP contribution in [-0.4, -0.2) is 20.8 Å². The van der Waals surface area contributed by atoms with Gasteiger partial charge in [-0.05, 0) is 48.5 Å². The highest BCUT2D eigenvalue weighted by Crippen LogP contribution is 2.21. The molecule has 0 aliphatic heterocycles. The molecular weight excluding hydrogens is 348 g/mol. The standard InChI is InChI=1S/C20H15ClN4O/c21-15-11-9-14(10-12-15)20(26)16-5-1-2-6-17(16)22-13-25-19-8-4-3-7-18(19)23-24-25/h1-12,22H,13H2. The second kappa shape index (κ2) is 6.98. The number of halogens is 1. The van der Waals surface area contributed by atoms with Crippen LogP contribution in [0.1, 0.15) is 15.9 Å². The van der Waals surface area contributed by atoms with Crippen molar-refractivity contribution in [2.45, 2.75) is 6.67 Å². The molecule has 0 aliphatic carbocycles. The second-order valence-corrected chi connectivity index (χ2v) is 6.23. The number of ketones is 1. The Morgan fingerprint density at radius 2 is 1.69 bits per heavy atom. The van der Waals surface area contributed by atoms with Crippen LogP contribution in [0.5, 0.6) is 0 Å². The van der Waals surface area contributed by atoms with Gasteiger partial charge in [0.05, 0.1) is 5.52 Å². The van der Waals surface area contributed by atoms with Gasteiger partial charge in [-0.1, -0.05) is 41.1 Å². The van der Waals surface area contributed by atoms with Crippen LogP contribution < -0.4 is 5.32 Å². The number of nitrogens with zero attached hydrogens (tertiary/aromatic N) is 3. The van der Waals surface area contributed by atoms with Crippen LogP contribution in [0.4, 0.5) is 5.69 Å². The summed E-state index contributed by atoms with van der Waals surface area (Å²) in [6, 6.07) is 22.0. The third kappa shape index (κ3) is 3.17. The van der Waals surface area contributed by atoms with Crippen LogP contribution in [0, 0.1) is 0 Å². The lowest BCUT2D eigenvalue weighted by atomic mass is 10.0. The fraction of sp³-hybridized carbons (Fsp3) is 0.0500. The molecular formula is C20H15ClN4O. The van der Waals surface area contributed by atoms with Crippen molar-refractivity contribution in [2.75, 3.05) is 5.32 Å². The van der Waals surface area contributed by atoms with E-state index < -0.39 is 0 Å². The number of para-hydroxylation sites is 2. The highest BCUT2D eigenvalue weighted by molar-refractivity contribution is 6.30. The molecule has 26 heavy (non-hydrogen) atoms. The molecule has 0 spiro atoms. The minimum absolute atomic E-state index is 0.0618. The van der Waals surface area contributed by atoms with Crippen molar-refractivity contribution in [2.24, 2.45) is 0 Å². The molecule has 0 saturated carbocycles. The van der Waals surface area contributed by atoms with Gasteiger partial charge in [0.15, 0.2) is 5.78 Å². The van der Waals surface area contributed by atoms with Gasteiger partial charge in [-0.15, -0.1) is 5.10 Å². The highest BCUT2D eigenvalue weighted by Gasteiger charge is 2.13. The van der Waals surface area contributed by atoms with Crippen molar-refractivity contribution in [3.05, 3.63) is 88.9 Å². The van der Waals surface area contributed by atoms with E-state index in [0.29, 0.717) is 22.8 Å². The lowest BCUT2D eigenvalue weighted by Crippen LogP contribution is -2.13. The average molecular weight is 363 g/mol. The van der Waals surface area contributed by atoms with Crippen molar-refractivity contribution in [3.8, 4) is 0 Å². The molecule has 0 saturated heterocycles. The zero-order valence-corrected chi connectivity index (χ0v) is 14.5. The summed E-state index contributed by atoms with van der Waals surface area (Å²) in [5.74, 6) is -0.0618. The Kier molecular flexibility index (Phi) is 4.37. The highest BCUT2D eigenvalue weighted by atomic mass is 35.5. The van der Waals surface area contributed by atoms with E-state index in [2.05, 4.69) is 15.6 Å². The van der Waals surface area contributed by atoms with Crippen LogP contribution in [0.3, 0.4) is 0 Å². The summed E-state index contributed by atoms with van der Waals surface area (Å²) < 4.78 is 1.76. The molecule has 0 aliphatic rings. The number of fused-ring (bicyclic) bond motifs is 1. The predicted molar refractivity (Wildman–Crippen MR) is 102 cm³/mol. The maximum atomic E-state index is 12.8. The quantitative estimate of drug-likeness (QED) is 0.535. The van der Waals surface area contributed by atoms with Crippen molar-refractivity contribution in [1.29, 1.82) is 0 Å². The van der Waals surface area contributed by atoms with Crippen molar-refractivity contribution in [3.63, 3.8) is 0 Å². The Morgan fingerprint density at radius 1 is 0.962 bits per heavy atom. The first-order chi connectivity index (χ1) is 12.7. The van der Waals surface area contributed by atoms with Crippen molar-refractivity contribution < 1.29 is 4.79 Å². The van der Waals surface area contributed by atoms with Gasteiger partial charge in [0.2, 0.25) is 0 Å². The molecule has 6 heteroatoms. The van der Waals surface area contributed by atoms with E-state index in [9.17, 15) is 4.79 Å².